The van der Waals surface area contributed by atoms with Gasteiger partial charge in [-0.3, -0.25) is 4.99 Å². The lowest BCUT2D eigenvalue weighted by molar-refractivity contribution is 0.0472. The summed E-state index contributed by atoms with van der Waals surface area (Å²) in [6, 6.07) is 27.7. The maximum atomic E-state index is 12.2. The Morgan fingerprint density at radius 1 is 0.900 bits per heavy atom. The molecule has 0 fully saturated rings. The first-order valence-corrected chi connectivity index (χ1v) is 9.76. The maximum Gasteiger partial charge on any atom is 0.338 e. The van der Waals surface area contributed by atoms with Crippen LogP contribution in [-0.2, 0) is 11.3 Å². The molecule has 3 aromatic carbocycles. The summed E-state index contributed by atoms with van der Waals surface area (Å²) in [5.41, 5.74) is 3.09. The van der Waals surface area contributed by atoms with Crippen LogP contribution in [0.1, 0.15) is 21.7 Å². The van der Waals surface area contributed by atoms with Gasteiger partial charge in [0.15, 0.2) is 0 Å². The number of benzene rings is 3. The molecular weight excluding hydrogens is 398 g/mol. The van der Waals surface area contributed by atoms with E-state index in [1.54, 1.807) is 30.5 Å². The molecule has 0 spiro atoms. The Bertz CT molecular complexity index is 1150. The normalized spacial score (nSPS) is 11.0. The molecule has 0 N–H and O–H groups in total. The van der Waals surface area contributed by atoms with Gasteiger partial charge in [0.1, 0.15) is 18.1 Å². The van der Waals surface area contributed by atoms with Crippen LogP contribution in [0, 0.1) is 0 Å². The lowest BCUT2D eigenvalue weighted by Gasteiger charge is -2.05. The number of esters is 1. The highest BCUT2D eigenvalue weighted by atomic mass is 35.5. The molecule has 0 radical (unpaired) electrons. The second kappa shape index (κ2) is 9.25. The third-order valence-corrected chi connectivity index (χ3v) is 4.66. The summed E-state index contributed by atoms with van der Waals surface area (Å²) in [5.74, 6) is 0.962. The van der Waals surface area contributed by atoms with Crippen LogP contribution < -0.4 is 0 Å². The molecule has 4 rings (SSSR count). The van der Waals surface area contributed by atoms with Crippen molar-refractivity contribution < 1.29 is 13.9 Å². The van der Waals surface area contributed by atoms with Gasteiger partial charge < -0.3 is 9.15 Å². The first kappa shape index (κ1) is 19.7. The molecule has 1 aromatic heterocycles. The second-order valence-electron chi connectivity index (χ2n) is 6.58. The van der Waals surface area contributed by atoms with Gasteiger partial charge in [0.05, 0.1) is 17.5 Å². The minimum Gasteiger partial charge on any atom is -0.457 e. The number of halogens is 1. The van der Waals surface area contributed by atoms with Crippen molar-refractivity contribution in [2.75, 3.05) is 0 Å². The SMILES string of the molecule is O=C(OCc1ccccc1)c1ccc(-c2ccc(C=Nc3ccc(Cl)cc3)o2)cc1. The van der Waals surface area contributed by atoms with Gasteiger partial charge in [-0.25, -0.2) is 4.79 Å². The van der Waals surface area contributed by atoms with E-state index in [4.69, 9.17) is 20.8 Å². The van der Waals surface area contributed by atoms with Gasteiger partial charge >= 0.3 is 5.97 Å². The zero-order chi connectivity index (χ0) is 20.8. The molecule has 0 amide bonds. The van der Waals surface area contributed by atoms with Crippen LogP contribution in [0.15, 0.2) is 100 Å². The highest BCUT2D eigenvalue weighted by Gasteiger charge is 2.09. The Morgan fingerprint density at radius 2 is 1.63 bits per heavy atom. The van der Waals surface area contributed by atoms with E-state index in [-0.39, 0.29) is 12.6 Å². The zero-order valence-electron chi connectivity index (χ0n) is 16.0. The number of ether oxygens (including phenoxy) is 1. The molecule has 5 heteroatoms. The molecule has 0 aliphatic carbocycles. The van der Waals surface area contributed by atoms with Crippen molar-refractivity contribution in [2.45, 2.75) is 6.61 Å². The Labute approximate surface area is 179 Å². The molecule has 30 heavy (non-hydrogen) atoms. The van der Waals surface area contributed by atoms with E-state index < -0.39 is 0 Å². The zero-order valence-corrected chi connectivity index (χ0v) is 16.8. The largest absolute Gasteiger partial charge is 0.457 e. The highest BCUT2D eigenvalue weighted by Crippen LogP contribution is 2.23. The van der Waals surface area contributed by atoms with Crippen LogP contribution in [0.2, 0.25) is 5.02 Å². The first-order chi connectivity index (χ1) is 14.7. The van der Waals surface area contributed by atoms with E-state index in [0.29, 0.717) is 22.1 Å². The van der Waals surface area contributed by atoms with E-state index in [1.165, 1.54) is 0 Å². The van der Waals surface area contributed by atoms with Crippen LogP contribution in [0.4, 0.5) is 5.69 Å². The molecule has 4 nitrogen and oxygen atoms in total. The lowest BCUT2D eigenvalue weighted by Crippen LogP contribution is -2.04. The summed E-state index contributed by atoms with van der Waals surface area (Å²) in [6.45, 7) is 0.246. The molecule has 0 unspecified atom stereocenters. The molecular formula is C25H18ClNO3. The Balaban J connectivity index is 1.39. The molecule has 0 saturated carbocycles. The standard InChI is InChI=1S/C25H18ClNO3/c26-21-10-12-22(13-11-21)27-16-23-14-15-24(30-23)19-6-8-20(9-7-19)25(28)29-17-18-4-2-1-3-5-18/h1-16H,17H2. The van der Waals surface area contributed by atoms with E-state index >= 15 is 0 Å². The van der Waals surface area contributed by atoms with Crippen molar-refractivity contribution in [3.8, 4) is 11.3 Å². The third-order valence-electron chi connectivity index (χ3n) is 4.41. The number of rotatable bonds is 6. The Hall–Kier alpha value is -3.63. The fraction of sp³-hybridized carbons (Fsp3) is 0.0400. The summed E-state index contributed by atoms with van der Waals surface area (Å²) >= 11 is 5.88. The van der Waals surface area contributed by atoms with Crippen LogP contribution in [0.25, 0.3) is 11.3 Å². The van der Waals surface area contributed by atoms with E-state index in [2.05, 4.69) is 4.99 Å². The molecule has 0 bridgehead atoms. The van der Waals surface area contributed by atoms with Crippen molar-refractivity contribution in [1.82, 2.24) is 0 Å². The second-order valence-corrected chi connectivity index (χ2v) is 7.01. The summed E-state index contributed by atoms with van der Waals surface area (Å²) < 4.78 is 11.2. The molecule has 0 atom stereocenters. The molecule has 0 aliphatic heterocycles. The van der Waals surface area contributed by atoms with Crippen LogP contribution in [0.5, 0.6) is 0 Å². The number of carbonyl (C=O) groups excluding carboxylic acids is 1. The minimum absolute atomic E-state index is 0.246. The van der Waals surface area contributed by atoms with E-state index in [0.717, 1.165) is 16.8 Å². The van der Waals surface area contributed by atoms with Gasteiger partial charge in [-0.1, -0.05) is 54.1 Å². The third kappa shape index (κ3) is 5.04. The van der Waals surface area contributed by atoms with Gasteiger partial charge in [0.2, 0.25) is 0 Å². The summed E-state index contributed by atoms with van der Waals surface area (Å²) in [4.78, 5) is 16.6. The molecule has 0 aliphatic rings. The predicted molar refractivity (Wildman–Crippen MR) is 118 cm³/mol. The number of carbonyl (C=O) groups is 1. The molecule has 1 heterocycles. The predicted octanol–water partition coefficient (Wildman–Crippen LogP) is 6.71. The lowest BCUT2D eigenvalue weighted by atomic mass is 10.1. The van der Waals surface area contributed by atoms with Crippen LogP contribution in [-0.4, -0.2) is 12.2 Å². The molecule has 148 valence electrons. The van der Waals surface area contributed by atoms with Gasteiger partial charge in [-0.2, -0.15) is 0 Å². The molecule has 0 saturated heterocycles. The number of hydrogen-bond donors (Lipinski definition) is 0. The Morgan fingerprint density at radius 3 is 2.37 bits per heavy atom. The van der Waals surface area contributed by atoms with Crippen molar-refractivity contribution in [3.63, 3.8) is 0 Å². The average molecular weight is 416 g/mol. The van der Waals surface area contributed by atoms with Crippen molar-refractivity contribution in [1.29, 1.82) is 0 Å². The quantitative estimate of drug-likeness (QED) is 0.260. The first-order valence-electron chi connectivity index (χ1n) is 9.38. The fourth-order valence-corrected chi connectivity index (χ4v) is 2.95. The number of hydrogen-bond acceptors (Lipinski definition) is 4. The van der Waals surface area contributed by atoms with E-state index in [9.17, 15) is 4.79 Å². The minimum atomic E-state index is -0.361. The summed E-state index contributed by atoms with van der Waals surface area (Å²) in [6.07, 6.45) is 1.65. The average Bonchev–Trinajstić information content (AvgIpc) is 3.27. The van der Waals surface area contributed by atoms with Crippen molar-refractivity contribution in [2.24, 2.45) is 4.99 Å². The van der Waals surface area contributed by atoms with E-state index in [1.807, 2.05) is 66.7 Å². The van der Waals surface area contributed by atoms with Gasteiger partial charge in [-0.05, 0) is 54.1 Å². The van der Waals surface area contributed by atoms with Crippen molar-refractivity contribution >= 4 is 29.5 Å². The number of furan rings is 1. The highest BCUT2D eigenvalue weighted by molar-refractivity contribution is 6.30. The van der Waals surface area contributed by atoms with Gasteiger partial charge in [0.25, 0.3) is 0 Å². The maximum absolute atomic E-state index is 12.2. The monoisotopic (exact) mass is 415 g/mol. The Kier molecular flexibility index (Phi) is 6.06. The molecule has 4 aromatic rings. The van der Waals surface area contributed by atoms with Gasteiger partial charge in [-0.15, -0.1) is 0 Å². The summed E-state index contributed by atoms with van der Waals surface area (Å²) in [7, 11) is 0. The van der Waals surface area contributed by atoms with Crippen LogP contribution >= 0.6 is 11.6 Å². The number of aliphatic imine (C=N–C) groups is 1. The van der Waals surface area contributed by atoms with Crippen molar-refractivity contribution in [3.05, 3.63) is 113 Å². The topological polar surface area (TPSA) is 51.8 Å². The fourth-order valence-electron chi connectivity index (χ4n) is 2.82. The van der Waals surface area contributed by atoms with Gasteiger partial charge in [0, 0.05) is 10.6 Å². The smallest absolute Gasteiger partial charge is 0.338 e. The number of nitrogens with zero attached hydrogens (tertiary/aromatic N) is 1. The summed E-state index contributed by atoms with van der Waals surface area (Å²) in [5, 5.41) is 0.668. The van der Waals surface area contributed by atoms with Crippen LogP contribution in [0.3, 0.4) is 0 Å².